The van der Waals surface area contributed by atoms with E-state index in [4.69, 9.17) is 9.47 Å². The molecular formula is C43H49N3O6Si. The Hall–Kier alpha value is -4.77. The second kappa shape index (κ2) is 14.9. The van der Waals surface area contributed by atoms with Crippen molar-refractivity contribution in [2.75, 3.05) is 36.6 Å². The predicted octanol–water partition coefficient (Wildman–Crippen LogP) is 6.00. The number of methoxy groups -OCH3 is 1. The van der Waals surface area contributed by atoms with Gasteiger partial charge in [-0.1, -0.05) is 98.0 Å². The molecule has 0 radical (unpaired) electrons. The summed E-state index contributed by atoms with van der Waals surface area (Å²) in [5.74, 6) is 0.368. The number of hydrogen-bond acceptors (Lipinski definition) is 6. The zero-order valence-electron chi connectivity index (χ0n) is 31.0. The van der Waals surface area contributed by atoms with Crippen LogP contribution in [0.15, 0.2) is 103 Å². The van der Waals surface area contributed by atoms with Gasteiger partial charge in [0.15, 0.2) is 5.60 Å². The molecule has 0 unspecified atom stereocenters. The largest absolute Gasteiger partial charge is 0.497 e. The molecule has 0 saturated carbocycles. The van der Waals surface area contributed by atoms with Crippen LogP contribution in [0, 0.1) is 5.92 Å². The van der Waals surface area contributed by atoms with Crippen molar-refractivity contribution >= 4 is 42.4 Å². The lowest BCUT2D eigenvalue weighted by Gasteiger charge is -2.37. The minimum Gasteiger partial charge on any atom is -0.497 e. The number of carbonyl (C=O) groups excluding carboxylic acids is 3. The van der Waals surface area contributed by atoms with Gasteiger partial charge in [-0.3, -0.25) is 14.4 Å². The summed E-state index contributed by atoms with van der Waals surface area (Å²) in [7, 11) is -0.828. The number of aliphatic hydroxyl groups is 1. The van der Waals surface area contributed by atoms with Gasteiger partial charge < -0.3 is 29.3 Å². The topological polar surface area (TPSA) is 99.6 Å². The number of anilines is 2. The van der Waals surface area contributed by atoms with Gasteiger partial charge in [0.1, 0.15) is 5.75 Å². The fourth-order valence-corrected chi connectivity index (χ4v) is 13.1. The monoisotopic (exact) mass is 731 g/mol. The maximum absolute atomic E-state index is 15.2. The van der Waals surface area contributed by atoms with Gasteiger partial charge in [-0.05, 0) is 53.4 Å². The van der Waals surface area contributed by atoms with E-state index in [2.05, 4.69) is 32.2 Å². The summed E-state index contributed by atoms with van der Waals surface area (Å²) in [5, 5.41) is 11.2. The molecule has 10 heteroatoms. The van der Waals surface area contributed by atoms with Crippen LogP contribution in [-0.4, -0.2) is 68.7 Å². The Kier molecular flexibility index (Phi) is 10.3. The number of hydrogen-bond donors (Lipinski definition) is 1. The van der Waals surface area contributed by atoms with E-state index < -0.39 is 19.8 Å². The molecule has 0 aliphatic carbocycles. The van der Waals surface area contributed by atoms with Gasteiger partial charge in [0.05, 0.1) is 46.5 Å². The molecule has 3 amide bonds. The van der Waals surface area contributed by atoms with Crippen LogP contribution >= 0.6 is 0 Å². The number of carbonyl (C=O) groups is 3. The highest BCUT2D eigenvalue weighted by Crippen LogP contribution is 2.60. The summed E-state index contributed by atoms with van der Waals surface area (Å²) < 4.78 is 12.7. The molecule has 7 rings (SSSR count). The van der Waals surface area contributed by atoms with Crippen LogP contribution in [0.4, 0.5) is 11.4 Å². The summed E-state index contributed by atoms with van der Waals surface area (Å²) in [6.07, 6.45) is 0.909. The van der Waals surface area contributed by atoms with Crippen LogP contribution in [0.25, 0.3) is 0 Å². The van der Waals surface area contributed by atoms with Crippen LogP contribution in [0.1, 0.15) is 42.9 Å². The molecule has 4 atom stereocenters. The molecule has 0 aromatic heterocycles. The predicted molar refractivity (Wildman–Crippen MR) is 209 cm³/mol. The van der Waals surface area contributed by atoms with Crippen molar-refractivity contribution in [3.8, 4) is 5.75 Å². The van der Waals surface area contributed by atoms with Crippen molar-refractivity contribution in [3.05, 3.63) is 120 Å². The van der Waals surface area contributed by atoms with E-state index in [-0.39, 0.29) is 48.8 Å². The van der Waals surface area contributed by atoms with Crippen LogP contribution in [-0.2, 0) is 37.8 Å². The maximum Gasteiger partial charge on any atom is 0.264 e. The fourth-order valence-electron chi connectivity index (χ4n) is 9.07. The number of benzene rings is 4. The summed E-state index contributed by atoms with van der Waals surface area (Å²) in [4.78, 5) is 47.4. The van der Waals surface area contributed by atoms with Crippen LogP contribution < -0.4 is 19.7 Å². The Morgan fingerprint density at radius 3 is 2.38 bits per heavy atom. The number of para-hydroxylation sites is 1. The highest BCUT2D eigenvalue weighted by Gasteiger charge is 2.66. The SMILES string of the molecule is COc1ccc([Si](C)(C)[C@@H]2[C@@H](CC(=O)N(CCO)Cc3ccccc3)O[C@]3(C(=O)N(Cc4cccc(N5CCCC5=O)c4)c4ccccc43)[C@H]2C)cc1. The molecule has 1 spiro atoms. The molecule has 4 aromatic rings. The lowest BCUT2D eigenvalue weighted by molar-refractivity contribution is -0.150. The van der Waals surface area contributed by atoms with Crippen LogP contribution in [0.3, 0.4) is 0 Å². The molecule has 9 nitrogen and oxygen atoms in total. The number of amides is 3. The third kappa shape index (κ3) is 6.68. The summed E-state index contributed by atoms with van der Waals surface area (Å²) in [6.45, 7) is 8.16. The Labute approximate surface area is 313 Å². The molecule has 3 aliphatic heterocycles. The van der Waals surface area contributed by atoms with Crippen molar-refractivity contribution < 1.29 is 29.0 Å². The molecule has 2 saturated heterocycles. The summed E-state index contributed by atoms with van der Waals surface area (Å²) >= 11 is 0. The van der Waals surface area contributed by atoms with Crippen LogP contribution in [0.2, 0.25) is 18.6 Å². The van der Waals surface area contributed by atoms with Crippen molar-refractivity contribution in [2.24, 2.45) is 5.92 Å². The van der Waals surface area contributed by atoms with Gasteiger partial charge in [-0.25, -0.2) is 0 Å². The van der Waals surface area contributed by atoms with Gasteiger partial charge in [0.25, 0.3) is 5.91 Å². The first-order valence-electron chi connectivity index (χ1n) is 18.6. The standard InChI is InChI=1S/C43H49N3O6Si/c1-30-41(53(3,4)35-21-19-34(51-2)20-22-35)38(27-40(49)44(24-25-47)28-31-12-6-5-7-13-31)52-43(30)36-16-8-9-17-37(36)46(42(43)50)29-32-14-10-15-33(26-32)45-23-11-18-39(45)48/h5-10,12-17,19-22,26,30,38,41,47H,11,18,23-25,27-29H2,1-4H3/t30-,38+,41-,43+/m0/s1. The molecular weight excluding hydrogens is 683 g/mol. The molecule has 3 heterocycles. The number of fused-ring (bicyclic) bond motifs is 2. The molecule has 53 heavy (non-hydrogen) atoms. The van der Waals surface area contributed by atoms with E-state index in [0.29, 0.717) is 26.1 Å². The minimum absolute atomic E-state index is 0.0809. The van der Waals surface area contributed by atoms with E-state index >= 15 is 4.79 Å². The van der Waals surface area contributed by atoms with E-state index in [0.717, 1.165) is 40.2 Å². The number of rotatable bonds is 12. The molecule has 4 aromatic carbocycles. The zero-order chi connectivity index (χ0) is 37.3. The number of aliphatic hydroxyl groups excluding tert-OH is 1. The van der Waals surface area contributed by atoms with Crippen molar-refractivity contribution in [1.82, 2.24) is 4.90 Å². The molecule has 276 valence electrons. The van der Waals surface area contributed by atoms with Gasteiger partial charge in [0, 0.05) is 43.2 Å². The van der Waals surface area contributed by atoms with Crippen LogP contribution in [0.5, 0.6) is 5.75 Å². The Balaban J connectivity index is 1.26. The summed E-state index contributed by atoms with van der Waals surface area (Å²) in [6, 6.07) is 33.7. The van der Waals surface area contributed by atoms with Crippen molar-refractivity contribution in [3.63, 3.8) is 0 Å². The van der Waals surface area contributed by atoms with Gasteiger partial charge in [-0.15, -0.1) is 0 Å². The maximum atomic E-state index is 15.2. The molecule has 0 bridgehead atoms. The first-order chi connectivity index (χ1) is 25.6. The summed E-state index contributed by atoms with van der Waals surface area (Å²) in [5.41, 5.74) is 2.95. The van der Waals surface area contributed by atoms with Gasteiger partial charge >= 0.3 is 0 Å². The molecule has 2 fully saturated rings. The first kappa shape index (κ1) is 36.6. The van der Waals surface area contributed by atoms with Gasteiger partial charge in [0.2, 0.25) is 11.8 Å². The third-order valence-corrected chi connectivity index (χ3v) is 16.1. The average Bonchev–Trinajstić information content (AvgIpc) is 3.80. The average molecular weight is 732 g/mol. The molecule has 1 N–H and O–H groups in total. The third-order valence-electron chi connectivity index (χ3n) is 11.7. The Bertz CT molecular complexity index is 1970. The Morgan fingerprint density at radius 2 is 1.68 bits per heavy atom. The van der Waals surface area contributed by atoms with E-state index in [1.807, 2.05) is 101 Å². The highest BCUT2D eigenvalue weighted by atomic mass is 28.3. The normalized spacial score (nSPS) is 22.5. The van der Waals surface area contributed by atoms with E-state index in [1.165, 1.54) is 5.19 Å². The second-order valence-corrected chi connectivity index (χ2v) is 19.8. The smallest absolute Gasteiger partial charge is 0.264 e. The zero-order valence-corrected chi connectivity index (χ0v) is 32.0. The quantitative estimate of drug-likeness (QED) is 0.180. The number of ether oxygens (including phenoxy) is 2. The van der Waals surface area contributed by atoms with Crippen molar-refractivity contribution in [2.45, 2.75) is 69.6 Å². The fraction of sp³-hybridized carbons (Fsp3) is 0.372. The van der Waals surface area contributed by atoms with E-state index in [9.17, 15) is 14.7 Å². The lowest BCUT2D eigenvalue weighted by atomic mass is 9.82. The van der Waals surface area contributed by atoms with Crippen molar-refractivity contribution in [1.29, 1.82) is 0 Å². The molecule has 3 aliphatic rings. The minimum atomic E-state index is -2.48. The number of nitrogens with zero attached hydrogens (tertiary/aromatic N) is 3. The van der Waals surface area contributed by atoms with E-state index in [1.54, 1.807) is 12.0 Å². The Morgan fingerprint density at radius 1 is 0.962 bits per heavy atom. The highest BCUT2D eigenvalue weighted by molar-refractivity contribution is 6.91. The first-order valence-corrected chi connectivity index (χ1v) is 21.7. The van der Waals surface area contributed by atoms with Gasteiger partial charge in [-0.2, -0.15) is 0 Å². The lowest BCUT2D eigenvalue weighted by Crippen LogP contribution is -2.52. The second-order valence-electron chi connectivity index (χ2n) is 15.1.